The first-order valence-electron chi connectivity index (χ1n) is 22.6. The molecule has 7 rings (SSSR count). The van der Waals surface area contributed by atoms with Gasteiger partial charge in [-0.15, -0.1) is 6.58 Å². The Kier molecular flexibility index (Phi) is 16.3. The molecule has 3 aromatic carbocycles. The Morgan fingerprint density at radius 1 is 0.952 bits per heavy atom. The first-order valence-corrected chi connectivity index (χ1v) is 22.6. The summed E-state index contributed by atoms with van der Waals surface area (Å²) in [6.45, 7) is 7.04. The molecule has 13 heteroatoms. The van der Waals surface area contributed by atoms with Gasteiger partial charge >= 0.3 is 6.09 Å². The summed E-state index contributed by atoms with van der Waals surface area (Å²) >= 11 is 0. The van der Waals surface area contributed by atoms with Crippen LogP contribution in [-0.4, -0.2) is 110 Å². The molecule has 1 amide bonds. The van der Waals surface area contributed by atoms with Gasteiger partial charge in [-0.3, -0.25) is 4.90 Å². The number of unbranched alkanes of at least 4 members (excludes halogenated alkanes) is 2. The molecular formula is C49H64N2O11. The Balaban J connectivity index is 1.42. The van der Waals surface area contributed by atoms with E-state index in [0.717, 1.165) is 60.4 Å². The molecule has 7 unspecified atom stereocenters. The van der Waals surface area contributed by atoms with Gasteiger partial charge in [-0.2, -0.15) is 0 Å². The normalized spacial score (nSPS) is 25.9. The summed E-state index contributed by atoms with van der Waals surface area (Å²) in [5.41, 5.74) is 2.54. The third kappa shape index (κ3) is 10.3. The molecule has 0 spiro atoms. The summed E-state index contributed by atoms with van der Waals surface area (Å²) in [6, 6.07) is 19.4. The van der Waals surface area contributed by atoms with Crippen LogP contribution in [0.3, 0.4) is 0 Å². The van der Waals surface area contributed by atoms with Crippen LogP contribution in [0.2, 0.25) is 0 Å². The van der Waals surface area contributed by atoms with Gasteiger partial charge in [-0.1, -0.05) is 60.5 Å². The Morgan fingerprint density at radius 3 is 2.50 bits per heavy atom. The lowest BCUT2D eigenvalue weighted by Crippen LogP contribution is -2.70. The lowest BCUT2D eigenvalue weighted by Gasteiger charge is -2.59. The van der Waals surface area contributed by atoms with Gasteiger partial charge in [-0.25, -0.2) is 4.79 Å². The number of hydrogen-bond donors (Lipinski definition) is 3. The molecule has 336 valence electrons. The van der Waals surface area contributed by atoms with Crippen molar-refractivity contribution in [3.63, 3.8) is 0 Å². The molecule has 2 heterocycles. The van der Waals surface area contributed by atoms with Crippen molar-refractivity contribution in [1.82, 2.24) is 4.90 Å². The molecule has 2 aliphatic carbocycles. The van der Waals surface area contributed by atoms with Crippen molar-refractivity contribution in [2.24, 2.45) is 22.9 Å². The van der Waals surface area contributed by atoms with Crippen molar-refractivity contribution in [3.05, 3.63) is 90.5 Å². The zero-order valence-corrected chi connectivity index (χ0v) is 36.0. The van der Waals surface area contributed by atoms with E-state index < -0.39 is 30.1 Å². The van der Waals surface area contributed by atoms with Crippen LogP contribution in [0.4, 0.5) is 4.79 Å². The first kappa shape index (κ1) is 45.5. The zero-order valence-electron chi connectivity index (χ0n) is 36.0. The Morgan fingerprint density at radius 2 is 1.74 bits per heavy atom. The van der Waals surface area contributed by atoms with Crippen LogP contribution >= 0.6 is 0 Å². The maximum Gasteiger partial charge on any atom is 0.410 e. The second kappa shape index (κ2) is 22.2. The number of oxime groups is 1. The van der Waals surface area contributed by atoms with Gasteiger partial charge in [0.15, 0.2) is 0 Å². The van der Waals surface area contributed by atoms with Crippen molar-refractivity contribution in [2.45, 2.75) is 95.2 Å². The third-order valence-electron chi connectivity index (χ3n) is 12.6. The number of ether oxygens (including phenoxy) is 6. The number of allylic oxidation sites excluding steroid dienone is 1. The molecule has 1 saturated carbocycles. The van der Waals surface area contributed by atoms with Crippen molar-refractivity contribution < 1.29 is 53.4 Å². The number of amides is 1. The van der Waals surface area contributed by atoms with Gasteiger partial charge in [0, 0.05) is 44.1 Å². The average molecular weight is 857 g/mol. The molecule has 7 atom stereocenters. The fraction of sp³-hybridized carbons (Fsp3) is 0.551. The topological polar surface area (TPSA) is 158 Å². The minimum Gasteiger partial charge on any atom is -0.459 e. The van der Waals surface area contributed by atoms with Gasteiger partial charge in [0.05, 0.1) is 51.3 Å². The molecule has 0 aromatic heterocycles. The van der Waals surface area contributed by atoms with Gasteiger partial charge in [0.1, 0.15) is 23.3 Å². The van der Waals surface area contributed by atoms with E-state index in [9.17, 15) is 20.1 Å². The smallest absolute Gasteiger partial charge is 0.410 e. The fourth-order valence-electron chi connectivity index (χ4n) is 9.91. The lowest BCUT2D eigenvalue weighted by atomic mass is 9.55. The molecule has 0 radical (unpaired) electrons. The van der Waals surface area contributed by atoms with Gasteiger partial charge < -0.3 is 48.6 Å². The highest BCUT2D eigenvalue weighted by Crippen LogP contribution is 2.62. The van der Waals surface area contributed by atoms with E-state index in [0.29, 0.717) is 48.8 Å². The second-order valence-electron chi connectivity index (χ2n) is 16.5. The van der Waals surface area contributed by atoms with Gasteiger partial charge in [0.2, 0.25) is 12.1 Å². The molecule has 13 nitrogen and oxygen atoms in total. The van der Waals surface area contributed by atoms with Crippen LogP contribution in [0.5, 0.6) is 17.2 Å². The fourth-order valence-corrected chi connectivity index (χ4v) is 9.91. The summed E-state index contributed by atoms with van der Waals surface area (Å²) in [6.07, 6.45) is 10.3. The number of rotatable bonds is 22. The molecule has 62 heavy (non-hydrogen) atoms. The monoisotopic (exact) mass is 856 g/mol. The maximum atomic E-state index is 14.2. The Labute approximate surface area is 365 Å². The number of hydrogen-bond acceptors (Lipinski definition) is 12. The van der Waals surface area contributed by atoms with E-state index in [1.54, 1.807) is 17.9 Å². The summed E-state index contributed by atoms with van der Waals surface area (Å²) in [5.74, 6) is -0.154. The molecule has 2 aliphatic heterocycles. The molecule has 2 fully saturated rings. The van der Waals surface area contributed by atoms with Crippen LogP contribution in [0.15, 0.2) is 90.1 Å². The van der Waals surface area contributed by atoms with Crippen molar-refractivity contribution in [2.75, 3.05) is 59.4 Å². The predicted octanol–water partition coefficient (Wildman–Crippen LogP) is 8.26. The summed E-state index contributed by atoms with van der Waals surface area (Å²) in [4.78, 5) is 22.1. The van der Waals surface area contributed by atoms with E-state index in [1.165, 1.54) is 0 Å². The zero-order chi connectivity index (χ0) is 43.3. The molecular weight excluding hydrogens is 793 g/mol. The number of aliphatic hydroxyl groups excluding tert-OH is 3. The first-order chi connectivity index (χ1) is 30.4. The van der Waals surface area contributed by atoms with Crippen molar-refractivity contribution >= 4 is 22.6 Å². The average Bonchev–Trinajstić information content (AvgIpc) is 3.29. The van der Waals surface area contributed by atoms with Crippen LogP contribution in [0.25, 0.3) is 10.8 Å². The minimum atomic E-state index is -1.46. The molecule has 3 aromatic rings. The summed E-state index contributed by atoms with van der Waals surface area (Å²) in [7, 11) is 0. The molecule has 0 bridgehead atoms. The van der Waals surface area contributed by atoms with Gasteiger partial charge in [-0.05, 0) is 104 Å². The van der Waals surface area contributed by atoms with E-state index in [-0.39, 0.29) is 77.0 Å². The number of carbonyl (C=O) groups excluding carboxylic acids is 1. The Hall–Kier alpha value is -4.50. The molecule has 1 saturated heterocycles. The number of carbonyl (C=O) groups is 1. The number of nitrogens with zero attached hydrogens (tertiary/aromatic N) is 2. The Bertz CT molecular complexity index is 2000. The molecule has 4 aliphatic rings. The summed E-state index contributed by atoms with van der Waals surface area (Å²) < 4.78 is 38.5. The largest absolute Gasteiger partial charge is 0.459 e. The predicted molar refractivity (Wildman–Crippen MR) is 235 cm³/mol. The lowest BCUT2D eigenvalue weighted by molar-refractivity contribution is -0.256. The maximum absolute atomic E-state index is 14.2. The quantitative estimate of drug-likeness (QED) is 0.0508. The standard InChI is InChI=1S/C49H64N2O11/c1-3-26-59-49-44(51(48(55)57-4-2)22-28-56-29-25-54)33-42(50-62-45-17-9-12-27-58-45)40-31-36(15-7-10-23-52)39(16-8-11-24-53)46(47(40)49)41-32-38(20-21-43(41)61-49)60-37-19-18-34-13-5-6-14-35(34)30-37/h3,5-6,13-14,18-21,30-32,36,39,44-47,52-54H,1,4,7-12,15-17,22-29,33H2,2H3. The van der Waals surface area contributed by atoms with Crippen LogP contribution in [0, 0.1) is 17.8 Å². The molecule has 3 N–H and O–H groups in total. The highest BCUT2D eigenvalue weighted by atomic mass is 16.8. The van der Waals surface area contributed by atoms with Crippen molar-refractivity contribution in [1.29, 1.82) is 0 Å². The van der Waals surface area contributed by atoms with E-state index >= 15 is 0 Å². The van der Waals surface area contributed by atoms with Gasteiger partial charge in [0.25, 0.3) is 0 Å². The second-order valence-corrected chi connectivity index (χ2v) is 16.5. The van der Waals surface area contributed by atoms with E-state index in [1.807, 2.05) is 36.4 Å². The van der Waals surface area contributed by atoms with E-state index in [4.69, 9.17) is 38.4 Å². The SMILES string of the molecule is C=CCOC12Oc3ccc(Oc4ccc5ccccc5c4)cc3C3C(CCCCO)C(CCCCO)C=C(C(=NOC4CCCCO4)CC1N(CCOCCO)C(=O)OCC)C32. The van der Waals surface area contributed by atoms with Crippen LogP contribution < -0.4 is 9.47 Å². The van der Waals surface area contributed by atoms with Crippen LogP contribution in [0.1, 0.15) is 82.6 Å². The number of aliphatic hydroxyl groups is 3. The minimum absolute atomic E-state index is 0.0331. The summed E-state index contributed by atoms with van der Waals surface area (Å²) in [5, 5.41) is 36.6. The highest BCUT2D eigenvalue weighted by molar-refractivity contribution is 6.03. The van der Waals surface area contributed by atoms with Crippen LogP contribution in [-0.2, 0) is 23.8 Å². The highest BCUT2D eigenvalue weighted by Gasteiger charge is 2.65. The number of fused-ring (bicyclic) bond motifs is 3. The van der Waals surface area contributed by atoms with Crippen molar-refractivity contribution in [3.8, 4) is 17.2 Å². The third-order valence-corrected chi connectivity index (χ3v) is 12.6. The van der Waals surface area contributed by atoms with E-state index in [2.05, 4.69) is 36.9 Å². The number of benzene rings is 3.